The molecule has 0 unspecified atom stereocenters. The summed E-state index contributed by atoms with van der Waals surface area (Å²) in [5, 5.41) is 9.75. The van der Waals surface area contributed by atoms with Gasteiger partial charge in [-0.15, -0.1) is 0 Å². The molecular formula is C30H42N2O4S. The fourth-order valence-corrected chi connectivity index (χ4v) is 10.9. The maximum Gasteiger partial charge on any atom is 0.209 e. The molecule has 6 nitrogen and oxygen atoms in total. The minimum Gasteiger partial charge on any atom is -0.295 e. The Morgan fingerprint density at radius 1 is 1.00 bits per heavy atom. The molecule has 5 aliphatic carbocycles. The van der Waals surface area contributed by atoms with Crippen LogP contribution in [0.2, 0.25) is 0 Å². The van der Waals surface area contributed by atoms with Gasteiger partial charge in [0.1, 0.15) is 6.07 Å². The van der Waals surface area contributed by atoms with Crippen molar-refractivity contribution in [2.75, 3.05) is 6.26 Å². The molecule has 0 aromatic rings. The van der Waals surface area contributed by atoms with E-state index in [1.807, 2.05) is 19.1 Å². The first-order valence-electron chi connectivity index (χ1n) is 13.9. The highest BCUT2D eigenvalue weighted by Crippen LogP contribution is 2.72. The monoisotopic (exact) mass is 526 g/mol. The van der Waals surface area contributed by atoms with Crippen LogP contribution in [0.1, 0.15) is 86.5 Å². The van der Waals surface area contributed by atoms with Crippen molar-refractivity contribution in [3.63, 3.8) is 0 Å². The smallest absolute Gasteiger partial charge is 0.209 e. The second-order valence-electron chi connectivity index (χ2n) is 14.4. The number of Topliss-reactive ketones (excluding diaryl/α,β-unsaturated/α-hetero) is 1. The number of allylic oxidation sites excluding steroid dienone is 4. The largest absolute Gasteiger partial charge is 0.295 e. The SMILES string of the molecule is C[C@@H]1C(=O)C(C#N)=C[C@]2(C)C3=CC(=O)[C@@H]4[C@@H]5CC(C)(C)CC[C@]5(NS(C)(=O)=O)CC[C@@]4(C)[C@]3(C)CC[C@@H]12. The number of fused-ring (bicyclic) bond motifs is 7. The van der Waals surface area contributed by atoms with Crippen molar-refractivity contribution in [2.24, 2.45) is 45.3 Å². The van der Waals surface area contributed by atoms with Crippen LogP contribution < -0.4 is 4.72 Å². The highest BCUT2D eigenvalue weighted by Gasteiger charge is 2.69. The normalized spacial score (nSPS) is 46.9. The van der Waals surface area contributed by atoms with Crippen molar-refractivity contribution in [1.29, 1.82) is 5.26 Å². The molecule has 0 saturated heterocycles. The van der Waals surface area contributed by atoms with Gasteiger partial charge in [-0.3, -0.25) is 9.59 Å². The molecule has 0 aromatic heterocycles. The Morgan fingerprint density at radius 2 is 1.65 bits per heavy atom. The molecule has 0 amide bonds. The zero-order valence-electron chi connectivity index (χ0n) is 23.4. The fourth-order valence-electron chi connectivity index (χ4n) is 9.80. The number of carbonyl (C=O) groups excluding carboxylic acids is 2. The van der Waals surface area contributed by atoms with E-state index in [0.717, 1.165) is 50.5 Å². The summed E-state index contributed by atoms with van der Waals surface area (Å²) in [6.45, 7) is 13.1. The topological polar surface area (TPSA) is 104 Å². The fraction of sp³-hybridized carbons (Fsp3) is 0.767. The predicted molar refractivity (Wildman–Crippen MR) is 143 cm³/mol. The molecule has 202 valence electrons. The highest BCUT2D eigenvalue weighted by atomic mass is 32.2. The lowest BCUT2D eigenvalue weighted by Gasteiger charge is -2.68. The minimum atomic E-state index is -3.45. The molecule has 3 saturated carbocycles. The van der Waals surface area contributed by atoms with Crippen LogP contribution in [0.4, 0.5) is 0 Å². The number of nitrogens with one attached hydrogen (secondary N) is 1. The number of sulfonamides is 1. The lowest BCUT2D eigenvalue weighted by molar-refractivity contribution is -0.157. The van der Waals surface area contributed by atoms with Gasteiger partial charge in [0.25, 0.3) is 0 Å². The summed E-state index contributed by atoms with van der Waals surface area (Å²) in [4.78, 5) is 27.2. The number of hydrogen-bond acceptors (Lipinski definition) is 5. The van der Waals surface area contributed by atoms with Gasteiger partial charge in [-0.2, -0.15) is 5.26 Å². The van der Waals surface area contributed by atoms with E-state index in [1.165, 1.54) is 6.26 Å². The van der Waals surface area contributed by atoms with Crippen LogP contribution >= 0.6 is 0 Å². The van der Waals surface area contributed by atoms with Gasteiger partial charge in [0, 0.05) is 22.8 Å². The van der Waals surface area contributed by atoms with Crippen molar-refractivity contribution < 1.29 is 18.0 Å². The molecule has 7 heteroatoms. The molecule has 1 N–H and O–H groups in total. The molecule has 37 heavy (non-hydrogen) atoms. The van der Waals surface area contributed by atoms with Crippen molar-refractivity contribution in [3.8, 4) is 6.07 Å². The molecule has 3 fully saturated rings. The Bertz CT molecular complexity index is 1290. The zero-order valence-corrected chi connectivity index (χ0v) is 24.2. The predicted octanol–water partition coefficient (Wildman–Crippen LogP) is 5.12. The maximum absolute atomic E-state index is 14.3. The molecule has 0 aliphatic heterocycles. The Kier molecular flexibility index (Phi) is 5.71. The van der Waals surface area contributed by atoms with Crippen molar-refractivity contribution in [2.45, 2.75) is 92.0 Å². The molecule has 0 heterocycles. The van der Waals surface area contributed by atoms with Crippen LogP contribution in [0.25, 0.3) is 0 Å². The molecule has 5 rings (SSSR count). The van der Waals surface area contributed by atoms with Gasteiger partial charge < -0.3 is 0 Å². The summed E-state index contributed by atoms with van der Waals surface area (Å²) in [7, 11) is -3.45. The minimum absolute atomic E-state index is 0.0318. The molecule has 0 radical (unpaired) electrons. The second-order valence-corrected chi connectivity index (χ2v) is 16.2. The van der Waals surface area contributed by atoms with Crippen molar-refractivity contribution in [3.05, 3.63) is 23.3 Å². The van der Waals surface area contributed by atoms with Gasteiger partial charge in [-0.05, 0) is 79.1 Å². The molecule has 8 atom stereocenters. The third-order valence-corrected chi connectivity index (χ3v) is 12.7. The van der Waals surface area contributed by atoms with Crippen LogP contribution in [-0.2, 0) is 19.6 Å². The number of nitrogens with zero attached hydrogens (tertiary/aromatic N) is 1. The number of hydrogen-bond donors (Lipinski definition) is 1. The number of nitriles is 1. The summed E-state index contributed by atoms with van der Waals surface area (Å²) >= 11 is 0. The lowest BCUT2D eigenvalue weighted by Crippen LogP contribution is -2.69. The van der Waals surface area contributed by atoms with Gasteiger partial charge in [0.2, 0.25) is 10.0 Å². The van der Waals surface area contributed by atoms with Crippen LogP contribution in [0.3, 0.4) is 0 Å². The molecule has 0 aromatic carbocycles. The van der Waals surface area contributed by atoms with Gasteiger partial charge in [0.05, 0.1) is 11.8 Å². The van der Waals surface area contributed by atoms with Gasteiger partial charge >= 0.3 is 0 Å². The number of ketones is 2. The summed E-state index contributed by atoms with van der Waals surface area (Å²) < 4.78 is 28.2. The van der Waals surface area contributed by atoms with Crippen LogP contribution in [0.15, 0.2) is 23.3 Å². The third-order valence-electron chi connectivity index (χ3n) is 11.9. The Hall–Kier alpha value is -1.78. The summed E-state index contributed by atoms with van der Waals surface area (Å²) in [6.07, 6.45) is 10.7. The van der Waals surface area contributed by atoms with Crippen LogP contribution in [0, 0.1) is 56.7 Å². The first-order chi connectivity index (χ1) is 16.9. The average Bonchev–Trinajstić information content (AvgIpc) is 2.78. The van der Waals surface area contributed by atoms with Crippen LogP contribution in [0.5, 0.6) is 0 Å². The Morgan fingerprint density at radius 3 is 2.27 bits per heavy atom. The van der Waals surface area contributed by atoms with Crippen molar-refractivity contribution >= 4 is 21.6 Å². The Labute approximate surface area is 222 Å². The first kappa shape index (κ1) is 26.8. The average molecular weight is 527 g/mol. The number of carbonyl (C=O) groups is 2. The molecule has 0 bridgehead atoms. The van der Waals surface area contributed by atoms with E-state index in [9.17, 15) is 23.3 Å². The summed E-state index contributed by atoms with van der Waals surface area (Å²) in [5.74, 6) is -0.532. The van der Waals surface area contributed by atoms with E-state index in [1.54, 1.807) is 0 Å². The van der Waals surface area contributed by atoms with Crippen molar-refractivity contribution in [1.82, 2.24) is 4.72 Å². The Balaban J connectivity index is 1.68. The van der Waals surface area contributed by atoms with Gasteiger partial charge in [0.15, 0.2) is 11.6 Å². The van der Waals surface area contributed by atoms with E-state index in [0.29, 0.717) is 0 Å². The van der Waals surface area contributed by atoms with E-state index >= 15 is 0 Å². The van der Waals surface area contributed by atoms with E-state index in [4.69, 9.17) is 0 Å². The van der Waals surface area contributed by atoms with E-state index in [2.05, 4.69) is 45.4 Å². The maximum atomic E-state index is 14.3. The number of rotatable bonds is 2. The summed E-state index contributed by atoms with van der Waals surface area (Å²) in [6, 6.07) is 2.13. The second kappa shape index (κ2) is 7.88. The van der Waals surface area contributed by atoms with Crippen LogP contribution in [-0.4, -0.2) is 31.8 Å². The quantitative estimate of drug-likeness (QED) is 0.538. The molecule has 0 spiro atoms. The lowest BCUT2D eigenvalue weighted by atomic mass is 9.36. The van der Waals surface area contributed by atoms with Gasteiger partial charge in [-0.25, -0.2) is 13.1 Å². The van der Waals surface area contributed by atoms with Gasteiger partial charge in [-0.1, -0.05) is 53.2 Å². The highest BCUT2D eigenvalue weighted by molar-refractivity contribution is 7.88. The van der Waals surface area contributed by atoms with E-state index < -0.39 is 21.0 Å². The van der Waals surface area contributed by atoms with E-state index in [-0.39, 0.29) is 57.1 Å². The standard InChI is InChI=1S/C30H42N2O4S/c1-18-20-8-9-28(5)23(27(20,4)15-19(17-31)25(18)34)14-22(33)24-21-16-26(2,3)10-12-30(21,32-37(7,35)36)13-11-29(24,28)6/h14-15,18,20-21,24,32H,8-13,16H2,1-7H3/t18-,20-,21-,24-,27-,28+,29+,30-/m0/s1. The third kappa shape index (κ3) is 3.61. The zero-order chi connectivity index (χ0) is 27.4. The summed E-state index contributed by atoms with van der Waals surface area (Å²) in [5.41, 5.74) is -0.424. The molecule has 5 aliphatic rings. The first-order valence-corrected chi connectivity index (χ1v) is 15.7. The molecular weight excluding hydrogens is 484 g/mol.